The summed E-state index contributed by atoms with van der Waals surface area (Å²) in [6.45, 7) is 5.17. The van der Waals surface area contributed by atoms with Crippen LogP contribution in [0.4, 0.5) is 5.69 Å². The third-order valence-electron chi connectivity index (χ3n) is 5.92. The maximum Gasteiger partial charge on any atom is 0.272 e. The van der Waals surface area contributed by atoms with Crippen LogP contribution in [0.3, 0.4) is 0 Å². The van der Waals surface area contributed by atoms with Gasteiger partial charge < -0.3 is 9.64 Å². The molecule has 1 saturated heterocycles. The topological polar surface area (TPSA) is 79.7 Å². The molecule has 1 fully saturated rings. The molecule has 1 aliphatic heterocycles. The molecule has 0 atom stereocenters. The number of fused-ring (bicyclic) bond motifs is 1. The highest BCUT2D eigenvalue weighted by atomic mass is 16.5. The third kappa shape index (κ3) is 4.65. The minimum absolute atomic E-state index is 0.279. The zero-order chi connectivity index (χ0) is 23.3. The molecule has 170 valence electrons. The Kier molecular flexibility index (Phi) is 6.27. The van der Waals surface area contributed by atoms with Crippen LogP contribution < -0.4 is 10.3 Å². The molecular weight excluding hydrogens is 426 g/mol. The zero-order valence-electron chi connectivity index (χ0n) is 18.9. The van der Waals surface area contributed by atoms with Gasteiger partial charge in [0.1, 0.15) is 0 Å². The smallest absolute Gasteiger partial charge is 0.272 e. The van der Waals surface area contributed by atoms with Crippen molar-refractivity contribution in [1.29, 1.82) is 0 Å². The molecule has 0 unspecified atom stereocenters. The number of anilines is 1. The molecule has 0 saturated carbocycles. The van der Waals surface area contributed by atoms with E-state index in [2.05, 4.69) is 32.5 Å². The van der Waals surface area contributed by atoms with E-state index in [9.17, 15) is 4.79 Å². The first-order chi connectivity index (χ1) is 16.7. The fourth-order valence-corrected chi connectivity index (χ4v) is 4.03. The van der Waals surface area contributed by atoms with E-state index in [-0.39, 0.29) is 5.91 Å². The van der Waals surface area contributed by atoms with Crippen molar-refractivity contribution in [3.63, 3.8) is 0 Å². The fraction of sp³-hybridized carbons (Fsp3) is 0.185. The molecule has 1 aliphatic rings. The number of ether oxygens (including phenoxy) is 1. The number of carbonyl (C=O) groups is 1. The highest BCUT2D eigenvalue weighted by molar-refractivity contribution is 6.08. The van der Waals surface area contributed by atoms with E-state index in [1.807, 2.05) is 55.5 Å². The van der Waals surface area contributed by atoms with Gasteiger partial charge in [0.25, 0.3) is 5.91 Å². The Hall–Kier alpha value is -4.10. The lowest BCUT2D eigenvalue weighted by molar-refractivity contribution is 0.0956. The van der Waals surface area contributed by atoms with E-state index in [4.69, 9.17) is 9.72 Å². The summed E-state index contributed by atoms with van der Waals surface area (Å²) in [5.41, 5.74) is 8.46. The van der Waals surface area contributed by atoms with Crippen molar-refractivity contribution in [3.05, 3.63) is 90.3 Å². The molecule has 7 nitrogen and oxygen atoms in total. The number of nitrogens with one attached hydrogen (secondary N) is 1. The normalized spacial score (nSPS) is 14.3. The molecule has 2 aromatic heterocycles. The molecule has 2 aromatic carbocycles. The highest BCUT2D eigenvalue weighted by Crippen LogP contribution is 2.24. The van der Waals surface area contributed by atoms with Gasteiger partial charge in [-0.25, -0.2) is 10.4 Å². The summed E-state index contributed by atoms with van der Waals surface area (Å²) < 4.78 is 5.43. The van der Waals surface area contributed by atoms with E-state index in [1.165, 1.54) is 0 Å². The number of benzene rings is 2. The van der Waals surface area contributed by atoms with Gasteiger partial charge in [-0.1, -0.05) is 30.3 Å². The first-order valence-electron chi connectivity index (χ1n) is 11.3. The average molecular weight is 452 g/mol. The van der Waals surface area contributed by atoms with E-state index >= 15 is 0 Å². The van der Waals surface area contributed by atoms with Gasteiger partial charge in [-0.3, -0.25) is 9.78 Å². The largest absolute Gasteiger partial charge is 0.378 e. The summed E-state index contributed by atoms with van der Waals surface area (Å²) in [6.07, 6.45) is 3.42. The van der Waals surface area contributed by atoms with Crippen molar-refractivity contribution >= 4 is 28.2 Å². The Bertz CT molecular complexity index is 1330. The summed E-state index contributed by atoms with van der Waals surface area (Å²) >= 11 is 0. The summed E-state index contributed by atoms with van der Waals surface area (Å²) in [7, 11) is 0. The van der Waals surface area contributed by atoms with Crippen molar-refractivity contribution in [2.45, 2.75) is 6.92 Å². The van der Waals surface area contributed by atoms with Gasteiger partial charge in [0.2, 0.25) is 0 Å². The van der Waals surface area contributed by atoms with Crippen LogP contribution in [-0.4, -0.2) is 47.9 Å². The SMILES string of the molecule is C/C(=N\NC(=O)c1cc(-c2ccncc2)nc2ccccc12)c1ccc(N2CCOCC2)cc1. The quantitative estimate of drug-likeness (QED) is 0.362. The van der Waals surface area contributed by atoms with E-state index in [1.54, 1.807) is 18.5 Å². The second kappa shape index (κ2) is 9.80. The number of nitrogens with zero attached hydrogens (tertiary/aromatic N) is 4. The lowest BCUT2D eigenvalue weighted by Crippen LogP contribution is -2.36. The Morgan fingerprint density at radius 3 is 2.50 bits per heavy atom. The number of carbonyl (C=O) groups excluding carboxylic acids is 1. The van der Waals surface area contributed by atoms with Gasteiger partial charge in [0.15, 0.2) is 0 Å². The van der Waals surface area contributed by atoms with E-state index < -0.39 is 0 Å². The maximum atomic E-state index is 13.2. The number of rotatable bonds is 5. The molecule has 34 heavy (non-hydrogen) atoms. The molecule has 0 bridgehead atoms. The third-order valence-corrected chi connectivity index (χ3v) is 5.92. The second-order valence-electron chi connectivity index (χ2n) is 8.09. The second-order valence-corrected chi connectivity index (χ2v) is 8.09. The number of hydrazone groups is 1. The highest BCUT2D eigenvalue weighted by Gasteiger charge is 2.14. The number of hydrogen-bond donors (Lipinski definition) is 1. The van der Waals surface area contributed by atoms with Crippen molar-refractivity contribution in [2.24, 2.45) is 5.10 Å². The van der Waals surface area contributed by atoms with Crippen LogP contribution in [0.1, 0.15) is 22.8 Å². The van der Waals surface area contributed by atoms with Crippen LogP contribution in [0, 0.1) is 0 Å². The van der Waals surface area contributed by atoms with Crippen LogP contribution in [0.2, 0.25) is 0 Å². The predicted molar refractivity (Wildman–Crippen MR) is 134 cm³/mol. The molecule has 0 aliphatic carbocycles. The number of morpholine rings is 1. The monoisotopic (exact) mass is 451 g/mol. The van der Waals surface area contributed by atoms with Crippen LogP contribution in [0.5, 0.6) is 0 Å². The molecular formula is C27H25N5O2. The number of pyridine rings is 2. The van der Waals surface area contributed by atoms with Crippen molar-refractivity contribution in [1.82, 2.24) is 15.4 Å². The first kappa shape index (κ1) is 21.7. The molecule has 1 amide bonds. The summed E-state index contributed by atoms with van der Waals surface area (Å²) in [6, 6.07) is 21.4. The molecule has 1 N–H and O–H groups in total. The van der Waals surface area contributed by atoms with Crippen molar-refractivity contribution < 1.29 is 9.53 Å². The minimum Gasteiger partial charge on any atom is -0.378 e. The van der Waals surface area contributed by atoms with Gasteiger partial charge >= 0.3 is 0 Å². The molecule has 5 rings (SSSR count). The summed E-state index contributed by atoms with van der Waals surface area (Å²) in [5, 5.41) is 5.15. The van der Waals surface area contributed by atoms with E-state index in [0.29, 0.717) is 11.3 Å². The van der Waals surface area contributed by atoms with Crippen LogP contribution in [0.15, 0.2) is 84.2 Å². The molecule has 7 heteroatoms. The number of aromatic nitrogens is 2. The van der Waals surface area contributed by atoms with Gasteiger partial charge in [-0.05, 0) is 48.9 Å². The average Bonchev–Trinajstić information content (AvgIpc) is 2.92. The Labute approximate surface area is 198 Å². The van der Waals surface area contributed by atoms with Crippen LogP contribution in [0.25, 0.3) is 22.2 Å². The number of para-hydroxylation sites is 1. The van der Waals surface area contributed by atoms with Gasteiger partial charge in [-0.15, -0.1) is 0 Å². The summed E-state index contributed by atoms with van der Waals surface area (Å²) in [4.78, 5) is 24.3. The molecule has 4 aromatic rings. The van der Waals surface area contributed by atoms with E-state index in [0.717, 1.165) is 59.7 Å². The maximum absolute atomic E-state index is 13.2. The van der Waals surface area contributed by atoms with Gasteiger partial charge in [-0.2, -0.15) is 5.10 Å². The lowest BCUT2D eigenvalue weighted by Gasteiger charge is -2.28. The Morgan fingerprint density at radius 1 is 1.00 bits per heavy atom. The van der Waals surface area contributed by atoms with Gasteiger partial charge in [0, 0.05) is 42.1 Å². The number of amides is 1. The summed E-state index contributed by atoms with van der Waals surface area (Å²) in [5.74, 6) is -0.279. The molecule has 0 spiro atoms. The van der Waals surface area contributed by atoms with Crippen molar-refractivity contribution in [2.75, 3.05) is 31.2 Å². The minimum atomic E-state index is -0.279. The predicted octanol–water partition coefficient (Wildman–Crippen LogP) is 4.29. The Morgan fingerprint density at radius 2 is 1.74 bits per heavy atom. The molecule has 3 heterocycles. The standard InChI is InChI=1S/C27H25N5O2/c1-19(20-6-8-22(9-7-20)32-14-16-34-17-15-32)30-31-27(33)24-18-26(21-10-12-28-13-11-21)29-25-5-3-2-4-23(24)25/h2-13,18H,14-17H2,1H3,(H,31,33)/b30-19+. The fourth-order valence-electron chi connectivity index (χ4n) is 4.03. The Balaban J connectivity index is 1.38. The number of hydrogen-bond acceptors (Lipinski definition) is 6. The van der Waals surface area contributed by atoms with Crippen LogP contribution >= 0.6 is 0 Å². The lowest BCUT2D eigenvalue weighted by atomic mass is 10.0. The van der Waals surface area contributed by atoms with Gasteiger partial charge in [0.05, 0.1) is 35.7 Å². The molecule has 0 radical (unpaired) electrons. The zero-order valence-corrected chi connectivity index (χ0v) is 18.9. The van der Waals surface area contributed by atoms with Crippen LogP contribution in [-0.2, 0) is 4.74 Å². The first-order valence-corrected chi connectivity index (χ1v) is 11.3. The van der Waals surface area contributed by atoms with Crippen molar-refractivity contribution in [3.8, 4) is 11.3 Å².